The maximum atomic E-state index is 13.4. The van der Waals surface area contributed by atoms with Gasteiger partial charge in [0.15, 0.2) is 0 Å². The summed E-state index contributed by atoms with van der Waals surface area (Å²) in [4.78, 5) is 17.5. The van der Waals surface area contributed by atoms with Gasteiger partial charge in [0.1, 0.15) is 12.3 Å². The minimum absolute atomic E-state index is 0.0854. The quantitative estimate of drug-likeness (QED) is 0.268. The summed E-state index contributed by atoms with van der Waals surface area (Å²) in [5, 5.41) is 3.91. The summed E-state index contributed by atoms with van der Waals surface area (Å²) < 4.78 is 33.4. The molecule has 2 aromatic carbocycles. The van der Waals surface area contributed by atoms with Crippen molar-refractivity contribution in [3.63, 3.8) is 0 Å². The number of hydrazone groups is 1. The van der Waals surface area contributed by atoms with Crippen LogP contribution in [0.25, 0.3) is 0 Å². The fourth-order valence-electron chi connectivity index (χ4n) is 2.86. The van der Waals surface area contributed by atoms with Crippen LogP contribution in [0.5, 0.6) is 5.75 Å². The minimum atomic E-state index is -4.01. The van der Waals surface area contributed by atoms with Crippen molar-refractivity contribution >= 4 is 39.6 Å². The highest BCUT2D eigenvalue weighted by molar-refractivity contribution is 7.98. The number of rotatable bonds is 10. The molecule has 3 aromatic rings. The summed E-state index contributed by atoms with van der Waals surface area (Å²) in [5.74, 6) is 0.0211. The molecule has 0 bridgehead atoms. The molecular formula is C23H24N4O4S2. The van der Waals surface area contributed by atoms with E-state index in [2.05, 4.69) is 15.5 Å². The Kier molecular flexibility index (Phi) is 8.45. The van der Waals surface area contributed by atoms with Gasteiger partial charge >= 0.3 is 0 Å². The van der Waals surface area contributed by atoms with Crippen LogP contribution in [0.3, 0.4) is 0 Å². The lowest BCUT2D eigenvalue weighted by Crippen LogP contribution is -2.39. The van der Waals surface area contributed by atoms with Crippen LogP contribution >= 0.6 is 11.8 Å². The smallest absolute Gasteiger partial charge is 0.264 e. The van der Waals surface area contributed by atoms with E-state index in [1.54, 1.807) is 60.9 Å². The van der Waals surface area contributed by atoms with Gasteiger partial charge in [0.2, 0.25) is 0 Å². The summed E-state index contributed by atoms with van der Waals surface area (Å²) in [6.07, 6.45) is 6.57. The molecule has 1 aromatic heterocycles. The number of thioether (sulfide) groups is 1. The highest BCUT2D eigenvalue weighted by Crippen LogP contribution is 2.27. The largest absolute Gasteiger partial charge is 0.494 e. The van der Waals surface area contributed by atoms with E-state index in [0.717, 1.165) is 14.8 Å². The fourth-order valence-corrected chi connectivity index (χ4v) is 4.69. The Bertz CT molecular complexity index is 1180. The van der Waals surface area contributed by atoms with Crippen molar-refractivity contribution < 1.29 is 17.9 Å². The van der Waals surface area contributed by atoms with Crippen LogP contribution in [0.1, 0.15) is 12.5 Å². The van der Waals surface area contributed by atoms with Crippen molar-refractivity contribution in [1.29, 1.82) is 0 Å². The molecule has 0 fully saturated rings. The zero-order valence-corrected chi connectivity index (χ0v) is 19.8. The van der Waals surface area contributed by atoms with E-state index < -0.39 is 22.5 Å². The Balaban J connectivity index is 1.85. The number of hydrogen-bond acceptors (Lipinski definition) is 7. The number of hydrogen-bond donors (Lipinski definition) is 1. The summed E-state index contributed by atoms with van der Waals surface area (Å²) >= 11 is 1.51. The highest BCUT2D eigenvalue weighted by atomic mass is 32.2. The molecule has 1 N–H and O–H groups in total. The molecule has 0 saturated carbocycles. The van der Waals surface area contributed by atoms with E-state index in [4.69, 9.17) is 4.74 Å². The van der Waals surface area contributed by atoms with E-state index >= 15 is 0 Å². The van der Waals surface area contributed by atoms with Crippen LogP contribution in [0.2, 0.25) is 0 Å². The molecule has 1 amide bonds. The molecular weight excluding hydrogens is 460 g/mol. The summed E-state index contributed by atoms with van der Waals surface area (Å²) in [7, 11) is -4.01. The molecule has 0 spiro atoms. The summed E-state index contributed by atoms with van der Waals surface area (Å²) in [5.41, 5.74) is 3.46. The van der Waals surface area contributed by atoms with Crippen LogP contribution in [-0.4, -0.2) is 44.9 Å². The number of ether oxygens (including phenoxy) is 1. The number of benzene rings is 2. The monoisotopic (exact) mass is 484 g/mol. The topological polar surface area (TPSA) is 101 Å². The zero-order valence-electron chi connectivity index (χ0n) is 18.2. The zero-order chi connectivity index (χ0) is 23.7. The Morgan fingerprint density at radius 3 is 2.36 bits per heavy atom. The minimum Gasteiger partial charge on any atom is -0.494 e. The molecule has 3 rings (SSSR count). The fraction of sp³-hybridized carbons (Fsp3) is 0.174. The average molecular weight is 485 g/mol. The molecule has 0 aliphatic heterocycles. The molecule has 33 heavy (non-hydrogen) atoms. The van der Waals surface area contributed by atoms with Crippen molar-refractivity contribution in [2.75, 3.05) is 23.7 Å². The molecule has 0 saturated heterocycles. The van der Waals surface area contributed by atoms with Gasteiger partial charge in [-0.25, -0.2) is 13.8 Å². The number of aromatic nitrogens is 1. The lowest BCUT2D eigenvalue weighted by atomic mass is 10.3. The molecule has 10 heteroatoms. The van der Waals surface area contributed by atoms with E-state index in [-0.39, 0.29) is 4.90 Å². The number of sulfonamides is 1. The number of carbonyl (C=O) groups excluding carboxylic acids is 1. The van der Waals surface area contributed by atoms with Crippen LogP contribution in [0.15, 0.2) is 87.9 Å². The number of nitrogens with zero attached hydrogens (tertiary/aromatic N) is 3. The van der Waals surface area contributed by atoms with E-state index in [0.29, 0.717) is 18.0 Å². The van der Waals surface area contributed by atoms with E-state index in [1.807, 2.05) is 13.2 Å². The van der Waals surface area contributed by atoms with Gasteiger partial charge in [-0.1, -0.05) is 0 Å². The number of carbonyl (C=O) groups is 1. The summed E-state index contributed by atoms with van der Waals surface area (Å²) in [6, 6.07) is 16.5. The number of amides is 1. The first-order valence-corrected chi connectivity index (χ1v) is 12.7. The Hall–Kier alpha value is -3.37. The predicted octanol–water partition coefficient (Wildman–Crippen LogP) is 3.55. The maximum Gasteiger partial charge on any atom is 0.264 e. The molecule has 0 aliphatic carbocycles. The average Bonchev–Trinajstić information content (AvgIpc) is 2.84. The Labute approximate surface area is 197 Å². The third-order valence-electron chi connectivity index (χ3n) is 4.48. The highest BCUT2D eigenvalue weighted by Gasteiger charge is 2.27. The second-order valence-electron chi connectivity index (χ2n) is 6.69. The van der Waals surface area contributed by atoms with Crippen molar-refractivity contribution in [1.82, 2.24) is 10.4 Å². The second kappa shape index (κ2) is 11.5. The van der Waals surface area contributed by atoms with Crippen molar-refractivity contribution in [3.05, 3.63) is 78.6 Å². The number of pyridine rings is 1. The van der Waals surface area contributed by atoms with E-state index in [1.165, 1.54) is 30.1 Å². The first-order chi connectivity index (χ1) is 15.9. The van der Waals surface area contributed by atoms with Crippen LogP contribution in [-0.2, 0) is 14.8 Å². The van der Waals surface area contributed by atoms with Gasteiger partial charge in [0, 0.05) is 17.3 Å². The number of nitrogens with one attached hydrogen (secondary N) is 1. The first-order valence-electron chi connectivity index (χ1n) is 10.1. The first kappa shape index (κ1) is 24.3. The van der Waals surface area contributed by atoms with Crippen molar-refractivity contribution in [2.45, 2.75) is 16.7 Å². The number of anilines is 1. The van der Waals surface area contributed by atoms with Gasteiger partial charge < -0.3 is 4.74 Å². The Morgan fingerprint density at radius 2 is 1.76 bits per heavy atom. The third-order valence-corrected chi connectivity index (χ3v) is 7.01. The van der Waals surface area contributed by atoms with Gasteiger partial charge in [-0.2, -0.15) is 5.10 Å². The molecule has 8 nitrogen and oxygen atoms in total. The summed E-state index contributed by atoms with van der Waals surface area (Å²) in [6.45, 7) is 1.90. The van der Waals surface area contributed by atoms with Crippen LogP contribution < -0.4 is 14.5 Å². The third kappa shape index (κ3) is 6.56. The van der Waals surface area contributed by atoms with Gasteiger partial charge in [0.05, 0.1) is 23.4 Å². The van der Waals surface area contributed by atoms with Crippen molar-refractivity contribution in [3.8, 4) is 5.75 Å². The van der Waals surface area contributed by atoms with Gasteiger partial charge in [-0.05, 0) is 79.4 Å². The lowest BCUT2D eigenvalue weighted by Gasteiger charge is -2.24. The lowest BCUT2D eigenvalue weighted by molar-refractivity contribution is -0.119. The molecule has 1 heterocycles. The molecule has 0 atom stereocenters. The molecule has 0 radical (unpaired) electrons. The van der Waals surface area contributed by atoms with Gasteiger partial charge in [-0.15, -0.1) is 11.8 Å². The Morgan fingerprint density at radius 1 is 1.09 bits per heavy atom. The van der Waals surface area contributed by atoms with Crippen LogP contribution in [0.4, 0.5) is 5.69 Å². The predicted molar refractivity (Wildman–Crippen MR) is 130 cm³/mol. The molecule has 0 aliphatic rings. The standard InChI is InChI=1S/C23H24N4O4S2/c1-3-31-20-6-4-19(5-7-20)27(33(29,30)22-10-8-21(32-2)9-11-22)17-23(28)26-25-16-18-12-14-24-15-13-18/h4-16H,3,17H2,1-2H3,(H,26,28)/b25-16-. The normalized spacial score (nSPS) is 11.3. The van der Waals surface area contributed by atoms with E-state index in [9.17, 15) is 13.2 Å². The second-order valence-corrected chi connectivity index (χ2v) is 9.43. The molecule has 172 valence electrons. The van der Waals surface area contributed by atoms with Crippen molar-refractivity contribution in [2.24, 2.45) is 5.10 Å². The van der Waals surface area contributed by atoms with Gasteiger partial charge in [-0.3, -0.25) is 14.1 Å². The van der Waals surface area contributed by atoms with Gasteiger partial charge in [0.25, 0.3) is 15.9 Å². The maximum absolute atomic E-state index is 13.4. The SMILES string of the molecule is CCOc1ccc(N(CC(=O)N/N=C\c2ccncc2)S(=O)(=O)c2ccc(SC)cc2)cc1. The molecule has 0 unspecified atom stereocenters. The van der Waals surface area contributed by atoms with Crippen LogP contribution in [0, 0.1) is 0 Å².